The van der Waals surface area contributed by atoms with Crippen molar-refractivity contribution in [3.05, 3.63) is 53.6 Å². The number of benzene rings is 2. The highest BCUT2D eigenvalue weighted by Gasteiger charge is 2.73. The van der Waals surface area contributed by atoms with Crippen LogP contribution in [-0.2, 0) is 35.6 Å². The minimum Gasteiger partial charge on any atom is -0.367 e. The third kappa shape index (κ3) is 3.99. The zero-order chi connectivity index (χ0) is 27.5. The summed E-state index contributed by atoms with van der Waals surface area (Å²) in [5.41, 5.74) is -1.19. The van der Waals surface area contributed by atoms with E-state index in [1.807, 2.05) is 6.07 Å². The minimum absolute atomic E-state index is 0.0233. The van der Waals surface area contributed by atoms with Crippen molar-refractivity contribution in [3.8, 4) is 6.07 Å². The molecule has 0 spiro atoms. The quantitative estimate of drug-likeness (QED) is 0.534. The molecule has 3 fully saturated rings. The first kappa shape index (κ1) is 26.0. The molecule has 4 atom stereocenters. The lowest BCUT2D eigenvalue weighted by Gasteiger charge is -2.31. The van der Waals surface area contributed by atoms with Gasteiger partial charge in [-0.3, -0.25) is 14.4 Å². The number of nitriles is 1. The van der Waals surface area contributed by atoms with Crippen LogP contribution in [0.5, 0.6) is 0 Å². The maximum Gasteiger partial charge on any atom is 0.240 e. The molecule has 2 unspecified atom stereocenters. The van der Waals surface area contributed by atoms with E-state index in [1.165, 1.54) is 49.4 Å². The van der Waals surface area contributed by atoms with Gasteiger partial charge in [0.15, 0.2) is 9.84 Å². The number of nitrogens with one attached hydrogen (secondary N) is 1. The van der Waals surface area contributed by atoms with Crippen LogP contribution in [0.25, 0.3) is 0 Å². The number of hydrogen-bond acceptors (Lipinski definition) is 7. The summed E-state index contributed by atoms with van der Waals surface area (Å²) in [6.45, 7) is 2.20. The largest absolute Gasteiger partial charge is 0.367 e. The summed E-state index contributed by atoms with van der Waals surface area (Å²) < 4.78 is 46.2. The highest BCUT2D eigenvalue weighted by molar-refractivity contribution is 7.91. The second-order valence-corrected chi connectivity index (χ2v) is 12.4. The zero-order valence-electron chi connectivity index (χ0n) is 20.9. The van der Waals surface area contributed by atoms with Crippen LogP contribution in [0.1, 0.15) is 44.2 Å². The van der Waals surface area contributed by atoms with Crippen LogP contribution >= 0.6 is 0 Å². The molecule has 0 radical (unpaired) electrons. The fraction of sp³-hybridized carbons (Fsp3) is 0.407. The first-order valence-electron chi connectivity index (χ1n) is 12.2. The number of hydrogen-bond donors (Lipinski definition) is 1. The summed E-state index contributed by atoms with van der Waals surface area (Å²) in [6, 6.07) is 11.9. The molecule has 3 aliphatic heterocycles. The monoisotopic (exact) mass is 539 g/mol. The van der Waals surface area contributed by atoms with Crippen molar-refractivity contribution in [2.45, 2.75) is 55.9 Å². The Hall–Kier alpha value is -3.62. The molecule has 38 heavy (non-hydrogen) atoms. The predicted molar refractivity (Wildman–Crippen MR) is 134 cm³/mol. The lowest BCUT2D eigenvalue weighted by atomic mass is 9.67. The smallest absolute Gasteiger partial charge is 0.240 e. The number of rotatable bonds is 7. The van der Waals surface area contributed by atoms with Gasteiger partial charge in [-0.25, -0.2) is 17.7 Å². The number of sulfone groups is 1. The van der Waals surface area contributed by atoms with Crippen molar-refractivity contribution in [2.24, 2.45) is 11.8 Å². The molecule has 11 heteroatoms. The van der Waals surface area contributed by atoms with E-state index in [9.17, 15) is 32.5 Å². The lowest BCUT2D eigenvalue weighted by molar-refractivity contribution is -0.130. The average Bonchev–Trinajstić information content (AvgIpc) is 3.47. The third-order valence-electron chi connectivity index (χ3n) is 7.95. The van der Waals surface area contributed by atoms with E-state index in [2.05, 4.69) is 5.32 Å². The second-order valence-electron chi connectivity index (χ2n) is 10.3. The normalized spacial score (nSPS) is 27.9. The Labute approximate surface area is 219 Å². The molecule has 2 aromatic rings. The molecule has 0 aliphatic carbocycles. The van der Waals surface area contributed by atoms with Crippen LogP contribution in [-0.4, -0.2) is 43.1 Å². The number of imide groups is 1. The van der Waals surface area contributed by atoms with E-state index < -0.39 is 51.4 Å². The van der Waals surface area contributed by atoms with Gasteiger partial charge >= 0.3 is 0 Å². The lowest BCUT2D eigenvalue weighted by Crippen LogP contribution is -2.43. The van der Waals surface area contributed by atoms with E-state index >= 15 is 0 Å². The topological polar surface area (TPSA) is 134 Å². The van der Waals surface area contributed by atoms with Crippen LogP contribution < -0.4 is 10.2 Å². The highest BCUT2D eigenvalue weighted by Crippen LogP contribution is 2.62. The number of alkyl halides is 1. The summed E-state index contributed by atoms with van der Waals surface area (Å²) in [6.07, 6.45) is 0.947. The highest BCUT2D eigenvalue weighted by atomic mass is 32.2. The van der Waals surface area contributed by atoms with Crippen molar-refractivity contribution in [3.63, 3.8) is 0 Å². The number of fused-ring (bicyclic) bond motifs is 5. The fourth-order valence-electron chi connectivity index (χ4n) is 6.18. The maximum atomic E-state index is 13.7. The summed E-state index contributed by atoms with van der Waals surface area (Å²) >= 11 is 0. The zero-order valence-corrected chi connectivity index (χ0v) is 21.7. The third-order valence-corrected chi connectivity index (χ3v) is 9.68. The maximum absolute atomic E-state index is 13.7. The first-order chi connectivity index (χ1) is 17.9. The summed E-state index contributed by atoms with van der Waals surface area (Å²) in [7, 11) is -3.76. The molecule has 1 N–H and O–H groups in total. The van der Waals surface area contributed by atoms with Gasteiger partial charge in [-0.2, -0.15) is 5.26 Å². The van der Waals surface area contributed by atoms with E-state index in [0.717, 1.165) is 4.90 Å². The van der Waals surface area contributed by atoms with Gasteiger partial charge in [-0.05, 0) is 68.7 Å². The molecule has 3 saturated heterocycles. The van der Waals surface area contributed by atoms with Gasteiger partial charge in [0, 0.05) is 18.2 Å². The summed E-state index contributed by atoms with van der Waals surface area (Å²) in [5, 5.41) is 11.8. The Morgan fingerprint density at radius 1 is 1.16 bits per heavy atom. The number of carbonyl (C=O) groups is 3. The van der Waals surface area contributed by atoms with Crippen LogP contribution in [0.4, 0.5) is 15.8 Å². The Balaban J connectivity index is 1.41. The molecule has 2 aromatic carbocycles. The second kappa shape index (κ2) is 8.99. The van der Waals surface area contributed by atoms with E-state index in [1.54, 1.807) is 6.92 Å². The Bertz CT molecular complexity index is 1500. The average molecular weight is 540 g/mol. The fourth-order valence-corrected chi connectivity index (χ4v) is 7.58. The van der Waals surface area contributed by atoms with Crippen molar-refractivity contribution >= 4 is 38.9 Å². The molecule has 3 amide bonds. The minimum atomic E-state index is -3.76. The Kier molecular flexibility index (Phi) is 6.16. The summed E-state index contributed by atoms with van der Waals surface area (Å²) in [4.78, 5) is 39.6. The van der Waals surface area contributed by atoms with Crippen molar-refractivity contribution in [1.82, 2.24) is 0 Å². The molecule has 3 heterocycles. The van der Waals surface area contributed by atoms with Crippen LogP contribution in [0.15, 0.2) is 47.4 Å². The van der Waals surface area contributed by atoms with Crippen molar-refractivity contribution in [2.75, 3.05) is 16.0 Å². The number of amides is 3. The number of halogens is 1. The van der Waals surface area contributed by atoms with Gasteiger partial charge in [-0.1, -0.05) is 0 Å². The van der Waals surface area contributed by atoms with Crippen molar-refractivity contribution in [1.29, 1.82) is 5.26 Å². The van der Waals surface area contributed by atoms with E-state index in [4.69, 9.17) is 4.74 Å². The molecular weight excluding hydrogens is 513 g/mol. The van der Waals surface area contributed by atoms with Gasteiger partial charge < -0.3 is 10.1 Å². The number of carbonyl (C=O) groups excluding carboxylic acids is 3. The van der Waals surface area contributed by atoms with Gasteiger partial charge in [0.2, 0.25) is 17.7 Å². The Morgan fingerprint density at radius 2 is 1.84 bits per heavy atom. The van der Waals surface area contributed by atoms with Gasteiger partial charge in [0.1, 0.15) is 6.67 Å². The predicted octanol–water partition coefficient (Wildman–Crippen LogP) is 3.28. The van der Waals surface area contributed by atoms with Crippen LogP contribution in [0, 0.1) is 23.2 Å². The standard InChI is InChI=1S/C27H26FN3O6S/c1-16(32)30-19-4-7-21(8-5-19)38(35,36)12-11-27-10-9-26(2,37-27)22-23(27)25(34)31(24(22)33)20-6-3-17(15-29)18(13-20)14-28/h3-8,13,22-23H,9-12,14H2,1-2H3,(H,30,32)/t22-,23+,26?,27?/m0/s1. The molecule has 198 valence electrons. The molecule has 3 aliphatic rings. The van der Waals surface area contributed by atoms with Crippen LogP contribution in [0.2, 0.25) is 0 Å². The van der Waals surface area contributed by atoms with Crippen LogP contribution in [0.3, 0.4) is 0 Å². The van der Waals surface area contributed by atoms with Gasteiger partial charge in [0.25, 0.3) is 0 Å². The van der Waals surface area contributed by atoms with Gasteiger partial charge in [-0.15, -0.1) is 0 Å². The number of nitrogens with zero attached hydrogens (tertiary/aromatic N) is 2. The SMILES string of the molecule is CC(=O)Nc1ccc(S(=O)(=O)CCC23CCC(C)(O2)[C@@H]2C(=O)N(c4ccc(C#N)c(CF)c4)C(=O)[C@@H]23)cc1. The van der Waals surface area contributed by atoms with E-state index in [-0.39, 0.29) is 39.8 Å². The molecular formula is C27H26FN3O6S. The molecule has 0 saturated carbocycles. The van der Waals surface area contributed by atoms with Crippen molar-refractivity contribution < 1.29 is 31.9 Å². The molecule has 5 rings (SSSR count). The Morgan fingerprint density at radius 3 is 2.47 bits per heavy atom. The molecule has 2 bridgehead atoms. The van der Waals surface area contributed by atoms with Gasteiger partial charge in [0.05, 0.1) is 51.0 Å². The number of ether oxygens (including phenoxy) is 1. The molecule has 0 aromatic heterocycles. The summed E-state index contributed by atoms with van der Waals surface area (Å²) in [5.74, 6) is -3.19. The molecule has 9 nitrogen and oxygen atoms in total. The first-order valence-corrected chi connectivity index (χ1v) is 13.9. The van der Waals surface area contributed by atoms with E-state index in [0.29, 0.717) is 18.5 Å². The number of anilines is 2.